The van der Waals surface area contributed by atoms with Gasteiger partial charge in [0, 0.05) is 17.3 Å². The van der Waals surface area contributed by atoms with Gasteiger partial charge < -0.3 is 14.3 Å². The zero-order valence-electron chi connectivity index (χ0n) is 17.5. The minimum absolute atomic E-state index is 0.272. The number of aliphatic hydroxyl groups is 1. The van der Waals surface area contributed by atoms with E-state index in [0.29, 0.717) is 27.9 Å². The van der Waals surface area contributed by atoms with Gasteiger partial charge in [0.2, 0.25) is 5.88 Å². The third kappa shape index (κ3) is 4.81. The monoisotopic (exact) mass is 467 g/mol. The summed E-state index contributed by atoms with van der Waals surface area (Å²) in [6.07, 6.45) is -5.46. The van der Waals surface area contributed by atoms with Gasteiger partial charge in [-0.25, -0.2) is 9.79 Å². The molecule has 9 heteroatoms. The standard InChI is InChI=1S/C23H21ClF3NO4/c1-21(2,17-9-8-15(24)11-18(17)31-3)12-22(30,23(25,26)27)13-28-19-10-14-6-4-5-7-16(14)20(29)32-19/h4-11,13,30H,12H2,1-3H3. The largest absolute Gasteiger partial charge is 0.496 e. The Kier molecular flexibility index (Phi) is 6.40. The fourth-order valence-corrected chi connectivity index (χ4v) is 3.73. The molecule has 0 radical (unpaired) electrons. The molecule has 0 saturated heterocycles. The second-order valence-electron chi connectivity index (χ2n) is 8.04. The third-order valence-electron chi connectivity index (χ3n) is 5.16. The number of nitrogens with zero attached hydrogens (tertiary/aromatic N) is 1. The predicted octanol–water partition coefficient (Wildman–Crippen LogP) is 5.82. The van der Waals surface area contributed by atoms with Crippen molar-refractivity contribution in [2.75, 3.05) is 7.11 Å². The normalized spacial score (nSPS) is 14.6. The summed E-state index contributed by atoms with van der Waals surface area (Å²) in [6.45, 7) is 3.08. The van der Waals surface area contributed by atoms with Crippen LogP contribution in [-0.2, 0) is 5.41 Å². The van der Waals surface area contributed by atoms with E-state index in [1.54, 1.807) is 38.1 Å². The Morgan fingerprint density at radius 3 is 2.50 bits per heavy atom. The minimum atomic E-state index is -5.05. The molecule has 1 atom stereocenters. The second-order valence-corrected chi connectivity index (χ2v) is 8.48. The molecule has 170 valence electrons. The number of halogens is 4. The molecule has 1 heterocycles. The number of hydrogen-bond acceptors (Lipinski definition) is 5. The molecule has 0 bridgehead atoms. The average molecular weight is 468 g/mol. The van der Waals surface area contributed by atoms with Crippen LogP contribution in [0.25, 0.3) is 10.8 Å². The molecule has 1 N–H and O–H groups in total. The molecular formula is C23H21ClF3NO4. The highest BCUT2D eigenvalue weighted by Crippen LogP contribution is 2.43. The van der Waals surface area contributed by atoms with Gasteiger partial charge in [-0.3, -0.25) is 0 Å². The zero-order chi connectivity index (χ0) is 23.7. The lowest BCUT2D eigenvalue weighted by Crippen LogP contribution is -2.50. The van der Waals surface area contributed by atoms with E-state index >= 15 is 0 Å². The van der Waals surface area contributed by atoms with Gasteiger partial charge in [0.15, 0.2) is 5.60 Å². The molecule has 3 aromatic rings. The molecule has 0 saturated carbocycles. The number of alkyl halides is 3. The molecule has 5 nitrogen and oxygen atoms in total. The molecule has 0 aliphatic rings. The first-order valence-corrected chi connectivity index (χ1v) is 9.95. The van der Waals surface area contributed by atoms with Crippen molar-refractivity contribution in [2.45, 2.75) is 37.5 Å². The van der Waals surface area contributed by atoms with Crippen molar-refractivity contribution in [1.29, 1.82) is 0 Å². The van der Waals surface area contributed by atoms with Crippen molar-refractivity contribution in [3.05, 3.63) is 69.5 Å². The summed E-state index contributed by atoms with van der Waals surface area (Å²) in [5.74, 6) is -0.0530. The summed E-state index contributed by atoms with van der Waals surface area (Å²) in [7, 11) is 1.38. The molecule has 3 rings (SSSR count). The number of aliphatic imine (C=N–C) groups is 1. The van der Waals surface area contributed by atoms with Crippen molar-refractivity contribution in [1.82, 2.24) is 0 Å². The molecule has 32 heavy (non-hydrogen) atoms. The van der Waals surface area contributed by atoms with Crippen LogP contribution in [0.15, 0.2) is 62.7 Å². The molecule has 0 spiro atoms. The van der Waals surface area contributed by atoms with Gasteiger partial charge in [0.1, 0.15) is 5.75 Å². The van der Waals surface area contributed by atoms with Crippen LogP contribution < -0.4 is 10.4 Å². The summed E-state index contributed by atoms with van der Waals surface area (Å²) in [6, 6.07) is 12.4. The molecule has 1 unspecified atom stereocenters. The van der Waals surface area contributed by atoms with Crippen molar-refractivity contribution in [3.63, 3.8) is 0 Å². The summed E-state index contributed by atoms with van der Waals surface area (Å²) >= 11 is 5.96. The van der Waals surface area contributed by atoms with E-state index in [-0.39, 0.29) is 11.3 Å². The van der Waals surface area contributed by atoms with E-state index < -0.39 is 29.2 Å². The molecule has 0 aliphatic carbocycles. The van der Waals surface area contributed by atoms with Gasteiger partial charge in [0.25, 0.3) is 0 Å². The molecule has 2 aromatic carbocycles. The summed E-state index contributed by atoms with van der Waals surface area (Å²) < 4.78 is 52.1. The Labute approximate surface area is 187 Å². The topological polar surface area (TPSA) is 72.0 Å². The molecule has 0 amide bonds. The fraction of sp³-hybridized carbons (Fsp3) is 0.304. The third-order valence-corrected chi connectivity index (χ3v) is 5.39. The van der Waals surface area contributed by atoms with Crippen LogP contribution >= 0.6 is 11.6 Å². The first kappa shape index (κ1) is 23.8. The maximum atomic E-state index is 13.9. The average Bonchev–Trinajstić information content (AvgIpc) is 2.71. The Hall–Kier alpha value is -2.84. The van der Waals surface area contributed by atoms with Crippen LogP contribution in [0.4, 0.5) is 19.1 Å². The van der Waals surface area contributed by atoms with Gasteiger partial charge in [0.05, 0.1) is 12.5 Å². The van der Waals surface area contributed by atoms with Gasteiger partial charge in [-0.15, -0.1) is 0 Å². The highest BCUT2D eigenvalue weighted by Gasteiger charge is 2.55. The number of fused-ring (bicyclic) bond motifs is 1. The Morgan fingerprint density at radius 1 is 1.16 bits per heavy atom. The summed E-state index contributed by atoms with van der Waals surface area (Å²) in [5, 5.41) is 11.7. The van der Waals surface area contributed by atoms with Crippen LogP contribution in [0.3, 0.4) is 0 Å². The van der Waals surface area contributed by atoms with E-state index in [2.05, 4.69) is 4.99 Å². The minimum Gasteiger partial charge on any atom is -0.496 e. The Bertz CT molecular complexity index is 1220. The fourth-order valence-electron chi connectivity index (χ4n) is 3.57. The Balaban J connectivity index is 2.01. The number of methoxy groups -OCH3 is 1. The Morgan fingerprint density at radius 2 is 1.84 bits per heavy atom. The highest BCUT2D eigenvalue weighted by atomic mass is 35.5. The van der Waals surface area contributed by atoms with Crippen LogP contribution in [0.5, 0.6) is 5.75 Å². The first-order chi connectivity index (χ1) is 14.9. The summed E-state index contributed by atoms with van der Waals surface area (Å²) in [4.78, 5) is 15.8. The van der Waals surface area contributed by atoms with E-state index in [9.17, 15) is 23.1 Å². The number of hydrogen-bond donors (Lipinski definition) is 1. The second kappa shape index (κ2) is 8.60. The number of ether oxygens (including phenoxy) is 1. The van der Waals surface area contributed by atoms with Crippen LogP contribution in [0.2, 0.25) is 5.02 Å². The number of rotatable bonds is 6. The van der Waals surface area contributed by atoms with Gasteiger partial charge >= 0.3 is 11.8 Å². The van der Waals surface area contributed by atoms with Crippen molar-refractivity contribution in [3.8, 4) is 5.75 Å². The molecule has 1 aromatic heterocycles. The van der Waals surface area contributed by atoms with Gasteiger partial charge in [-0.05, 0) is 41.0 Å². The lowest BCUT2D eigenvalue weighted by Gasteiger charge is -2.36. The van der Waals surface area contributed by atoms with E-state index in [0.717, 1.165) is 0 Å². The molecule has 0 aliphatic heterocycles. The molecule has 0 fully saturated rings. The van der Waals surface area contributed by atoms with Crippen molar-refractivity contribution in [2.24, 2.45) is 4.99 Å². The van der Waals surface area contributed by atoms with E-state index in [1.165, 1.54) is 31.4 Å². The van der Waals surface area contributed by atoms with Crippen LogP contribution in [0, 0.1) is 0 Å². The van der Waals surface area contributed by atoms with Crippen LogP contribution in [0.1, 0.15) is 25.8 Å². The lowest BCUT2D eigenvalue weighted by molar-refractivity contribution is -0.234. The number of benzene rings is 2. The lowest BCUT2D eigenvalue weighted by atomic mass is 9.75. The SMILES string of the molecule is COc1cc(Cl)ccc1C(C)(C)CC(O)(C=Nc1cc2ccccc2c(=O)o1)C(F)(F)F. The van der Waals surface area contributed by atoms with Gasteiger partial charge in [-0.2, -0.15) is 13.2 Å². The first-order valence-electron chi connectivity index (χ1n) is 9.57. The van der Waals surface area contributed by atoms with Crippen molar-refractivity contribution >= 4 is 34.5 Å². The maximum absolute atomic E-state index is 13.9. The molecular weight excluding hydrogens is 447 g/mol. The van der Waals surface area contributed by atoms with E-state index in [1.807, 2.05) is 0 Å². The maximum Gasteiger partial charge on any atom is 0.422 e. The highest BCUT2D eigenvalue weighted by molar-refractivity contribution is 6.30. The van der Waals surface area contributed by atoms with E-state index in [4.69, 9.17) is 20.8 Å². The smallest absolute Gasteiger partial charge is 0.422 e. The van der Waals surface area contributed by atoms with Gasteiger partial charge in [-0.1, -0.05) is 49.7 Å². The van der Waals surface area contributed by atoms with Crippen molar-refractivity contribution < 1.29 is 27.4 Å². The predicted molar refractivity (Wildman–Crippen MR) is 117 cm³/mol. The summed E-state index contributed by atoms with van der Waals surface area (Å²) in [5.41, 5.74) is -4.82. The quantitative estimate of drug-likeness (QED) is 0.464. The zero-order valence-corrected chi connectivity index (χ0v) is 18.3. The van der Waals surface area contributed by atoms with Crippen LogP contribution in [-0.4, -0.2) is 30.2 Å².